The van der Waals surface area contributed by atoms with Crippen LogP contribution in [0.3, 0.4) is 0 Å². The number of Topliss-reactive ketones (excluding diaryl/α,β-unsaturated/α-hetero) is 1. The van der Waals surface area contributed by atoms with Gasteiger partial charge in [-0.2, -0.15) is 0 Å². The van der Waals surface area contributed by atoms with E-state index in [4.69, 9.17) is 4.74 Å². The van der Waals surface area contributed by atoms with Gasteiger partial charge in [0.1, 0.15) is 11.6 Å². The third-order valence-electron chi connectivity index (χ3n) is 7.29. The normalized spacial score (nSPS) is 32.1. The molecule has 2 aromatic carbocycles. The van der Waals surface area contributed by atoms with Gasteiger partial charge < -0.3 is 4.74 Å². The third kappa shape index (κ3) is 2.77. The number of imide groups is 1. The van der Waals surface area contributed by atoms with Gasteiger partial charge in [-0.05, 0) is 78.6 Å². The molecule has 0 unspecified atom stereocenters. The van der Waals surface area contributed by atoms with E-state index in [2.05, 4.69) is 12.2 Å². The molecule has 0 aromatic heterocycles. The van der Waals surface area contributed by atoms with Crippen molar-refractivity contribution in [2.45, 2.75) is 6.42 Å². The summed E-state index contributed by atoms with van der Waals surface area (Å²) in [4.78, 5) is 39.8. The lowest BCUT2D eigenvalue weighted by atomic mass is 9.63. The van der Waals surface area contributed by atoms with E-state index in [1.165, 1.54) is 29.2 Å². The van der Waals surface area contributed by atoms with E-state index in [0.717, 1.165) is 6.42 Å². The third-order valence-corrected chi connectivity index (χ3v) is 7.29. The van der Waals surface area contributed by atoms with Crippen molar-refractivity contribution in [3.8, 4) is 5.75 Å². The van der Waals surface area contributed by atoms with Crippen LogP contribution in [0.4, 0.5) is 10.1 Å². The van der Waals surface area contributed by atoms with Crippen LogP contribution in [0.1, 0.15) is 16.8 Å². The Hall–Kier alpha value is -3.28. The van der Waals surface area contributed by atoms with Crippen LogP contribution in [0, 0.1) is 41.3 Å². The average Bonchev–Trinajstić information content (AvgIpc) is 3.56. The number of benzene rings is 2. The molecule has 3 fully saturated rings. The van der Waals surface area contributed by atoms with Crippen LogP contribution in [0.2, 0.25) is 0 Å². The molecule has 5 nitrogen and oxygen atoms in total. The maximum atomic E-state index is 13.2. The fraction of sp³-hybridized carbons (Fsp3) is 0.320. The van der Waals surface area contributed by atoms with Crippen LogP contribution in [0.25, 0.3) is 0 Å². The van der Waals surface area contributed by atoms with Crippen LogP contribution < -0.4 is 9.64 Å². The number of anilines is 1. The van der Waals surface area contributed by atoms with Crippen molar-refractivity contribution in [2.24, 2.45) is 35.5 Å². The number of amides is 2. The second-order valence-corrected chi connectivity index (χ2v) is 8.88. The van der Waals surface area contributed by atoms with E-state index < -0.39 is 5.82 Å². The maximum Gasteiger partial charge on any atom is 0.238 e. The first kappa shape index (κ1) is 18.5. The van der Waals surface area contributed by atoms with E-state index in [1.807, 2.05) is 0 Å². The summed E-state index contributed by atoms with van der Waals surface area (Å²) in [6.07, 6.45) is 5.45. The summed E-state index contributed by atoms with van der Waals surface area (Å²) in [7, 11) is 0. The van der Waals surface area contributed by atoms with Gasteiger partial charge in [0.25, 0.3) is 0 Å². The van der Waals surface area contributed by atoms with Crippen molar-refractivity contribution in [1.29, 1.82) is 0 Å². The van der Waals surface area contributed by atoms with Gasteiger partial charge in [0.05, 0.1) is 17.5 Å². The molecule has 4 aliphatic carbocycles. The van der Waals surface area contributed by atoms with Crippen LogP contribution in [-0.4, -0.2) is 24.2 Å². The van der Waals surface area contributed by atoms with Crippen molar-refractivity contribution in [1.82, 2.24) is 0 Å². The first-order valence-electron chi connectivity index (χ1n) is 10.6. The van der Waals surface area contributed by atoms with Gasteiger partial charge in [-0.1, -0.05) is 12.2 Å². The molecule has 31 heavy (non-hydrogen) atoms. The lowest BCUT2D eigenvalue weighted by Gasteiger charge is -2.37. The number of nitrogens with zero attached hydrogens (tertiary/aromatic N) is 1. The minimum absolute atomic E-state index is 0.0974. The molecule has 2 saturated carbocycles. The summed E-state index contributed by atoms with van der Waals surface area (Å²) in [6.45, 7) is -0.186. The zero-order chi connectivity index (χ0) is 21.3. The van der Waals surface area contributed by atoms with Crippen LogP contribution >= 0.6 is 0 Å². The molecule has 1 saturated heterocycles. The highest BCUT2D eigenvalue weighted by Crippen LogP contribution is 2.65. The molecule has 0 radical (unpaired) electrons. The highest BCUT2D eigenvalue weighted by Gasteiger charge is 2.67. The first-order valence-corrected chi connectivity index (χ1v) is 10.6. The number of carbonyl (C=O) groups excluding carboxylic acids is 3. The standard InChI is InChI=1S/C25H20FNO4/c26-14-3-1-13(2-4-14)21(28)12-31-16-7-5-15(6-8-16)27-24(29)22-17-9-10-18(20-11-19(17)20)23(22)25(27)30/h1-10,17-20,22-23H,11-12H2/t17-,18+,19+,20-,22-,23+. The Bertz CT molecular complexity index is 1090. The molecule has 2 amide bonds. The maximum absolute atomic E-state index is 13.2. The topological polar surface area (TPSA) is 63.7 Å². The SMILES string of the molecule is O=C(COc1ccc(N2C(=O)[C@@H]3[C@@H]4C=C[C@@H]([C@H]5C[C@@H]45)[C@@H]3C2=O)cc1)c1ccc(F)cc1. The summed E-state index contributed by atoms with van der Waals surface area (Å²) in [5, 5.41) is 0. The Morgan fingerprint density at radius 1 is 0.903 bits per heavy atom. The van der Waals surface area contributed by atoms with Gasteiger partial charge in [0, 0.05) is 5.56 Å². The molecule has 7 rings (SSSR count). The summed E-state index contributed by atoms with van der Waals surface area (Å²) in [5.74, 6) is 0.677. The fourth-order valence-corrected chi connectivity index (χ4v) is 5.77. The molecule has 2 bridgehead atoms. The van der Waals surface area contributed by atoms with Gasteiger partial charge in [-0.25, -0.2) is 4.39 Å². The number of carbonyl (C=O) groups is 3. The number of allylic oxidation sites excluding steroid dienone is 2. The number of halogens is 1. The van der Waals surface area contributed by atoms with Crippen molar-refractivity contribution in [3.63, 3.8) is 0 Å². The fourth-order valence-electron chi connectivity index (χ4n) is 5.77. The van der Waals surface area contributed by atoms with Gasteiger partial charge in [-0.3, -0.25) is 19.3 Å². The van der Waals surface area contributed by atoms with Gasteiger partial charge in [0.2, 0.25) is 11.8 Å². The Balaban J connectivity index is 1.16. The van der Waals surface area contributed by atoms with Gasteiger partial charge in [-0.15, -0.1) is 0 Å². The van der Waals surface area contributed by atoms with E-state index in [1.54, 1.807) is 24.3 Å². The monoisotopic (exact) mass is 417 g/mol. The largest absolute Gasteiger partial charge is 0.485 e. The predicted molar refractivity (Wildman–Crippen MR) is 110 cm³/mol. The number of hydrogen-bond donors (Lipinski definition) is 0. The average molecular weight is 417 g/mol. The molecule has 5 aliphatic rings. The van der Waals surface area contributed by atoms with Crippen molar-refractivity contribution in [2.75, 3.05) is 11.5 Å². The van der Waals surface area contributed by atoms with Crippen molar-refractivity contribution in [3.05, 3.63) is 72.1 Å². The Kier molecular flexibility index (Phi) is 3.94. The molecule has 6 heteroatoms. The summed E-state index contributed by atoms with van der Waals surface area (Å²) >= 11 is 0. The second-order valence-electron chi connectivity index (χ2n) is 8.88. The lowest BCUT2D eigenvalue weighted by molar-refractivity contribution is -0.124. The smallest absolute Gasteiger partial charge is 0.238 e. The molecular weight excluding hydrogens is 397 g/mol. The molecule has 156 valence electrons. The van der Waals surface area contributed by atoms with Gasteiger partial charge in [0.15, 0.2) is 12.4 Å². The molecular formula is C25H20FNO4. The summed E-state index contributed by atoms with van der Waals surface area (Å²) in [5.41, 5.74) is 0.907. The number of ether oxygens (including phenoxy) is 1. The van der Waals surface area contributed by atoms with E-state index in [0.29, 0.717) is 28.8 Å². The minimum atomic E-state index is -0.403. The Morgan fingerprint density at radius 2 is 1.48 bits per heavy atom. The number of ketones is 1. The van der Waals surface area contributed by atoms with E-state index in [-0.39, 0.29) is 47.9 Å². The van der Waals surface area contributed by atoms with Gasteiger partial charge >= 0.3 is 0 Å². The predicted octanol–water partition coefficient (Wildman–Crippen LogP) is 3.64. The van der Waals surface area contributed by atoms with E-state index >= 15 is 0 Å². The Labute approximate surface area is 178 Å². The molecule has 0 spiro atoms. The highest BCUT2D eigenvalue weighted by atomic mass is 19.1. The molecule has 1 aliphatic heterocycles. The highest BCUT2D eigenvalue weighted by molar-refractivity contribution is 6.22. The van der Waals surface area contributed by atoms with Crippen molar-refractivity contribution >= 4 is 23.3 Å². The summed E-state index contributed by atoms with van der Waals surface area (Å²) < 4.78 is 18.5. The zero-order valence-electron chi connectivity index (χ0n) is 16.6. The van der Waals surface area contributed by atoms with Crippen LogP contribution in [0.5, 0.6) is 5.75 Å². The van der Waals surface area contributed by atoms with Crippen LogP contribution in [0.15, 0.2) is 60.7 Å². The number of hydrogen-bond acceptors (Lipinski definition) is 4. The Morgan fingerprint density at radius 3 is 2.06 bits per heavy atom. The van der Waals surface area contributed by atoms with E-state index in [9.17, 15) is 18.8 Å². The molecule has 0 N–H and O–H groups in total. The lowest BCUT2D eigenvalue weighted by Crippen LogP contribution is -2.40. The first-order chi connectivity index (χ1) is 15.0. The quantitative estimate of drug-likeness (QED) is 0.423. The number of rotatable bonds is 5. The molecule has 6 atom stereocenters. The van der Waals surface area contributed by atoms with Crippen molar-refractivity contribution < 1.29 is 23.5 Å². The summed E-state index contributed by atoms with van der Waals surface area (Å²) in [6, 6.07) is 12.0. The zero-order valence-corrected chi connectivity index (χ0v) is 16.6. The molecule has 2 aromatic rings. The second kappa shape index (κ2) is 6.61. The molecule has 1 heterocycles. The minimum Gasteiger partial charge on any atom is -0.485 e. The van der Waals surface area contributed by atoms with Crippen LogP contribution in [-0.2, 0) is 9.59 Å².